The van der Waals surface area contributed by atoms with Crippen molar-refractivity contribution in [2.24, 2.45) is 5.10 Å². The maximum atomic E-state index is 10.9. The number of nitrogens with zero attached hydrogens (tertiary/aromatic N) is 4. The van der Waals surface area contributed by atoms with Crippen molar-refractivity contribution in [2.45, 2.75) is 16.8 Å². The Morgan fingerprint density at radius 2 is 2.15 bits per heavy atom. The summed E-state index contributed by atoms with van der Waals surface area (Å²) in [5.41, 5.74) is 1.45. The van der Waals surface area contributed by atoms with E-state index in [2.05, 4.69) is 15.3 Å². The number of carbonyl (C=O) groups is 1. The fourth-order valence-electron chi connectivity index (χ4n) is 1.88. The summed E-state index contributed by atoms with van der Waals surface area (Å²) in [7, 11) is 0. The second kappa shape index (κ2) is 5.26. The van der Waals surface area contributed by atoms with Crippen molar-refractivity contribution in [3.05, 3.63) is 41.2 Å². The van der Waals surface area contributed by atoms with E-state index in [1.165, 1.54) is 22.8 Å². The first kappa shape index (κ1) is 13.1. The molecule has 0 bridgehead atoms. The zero-order valence-corrected chi connectivity index (χ0v) is 11.6. The predicted octanol–water partition coefficient (Wildman–Crippen LogP) is 0.798. The minimum atomic E-state index is -1.13. The average molecular weight is 308 g/mol. The summed E-state index contributed by atoms with van der Waals surface area (Å²) in [6.07, 6.45) is 1.34. The molecule has 0 radical (unpaired) electrons. The van der Waals surface area contributed by atoms with Crippen LogP contribution in [0.25, 0.3) is 0 Å². The van der Waals surface area contributed by atoms with Gasteiger partial charge in [-0.15, -0.1) is 10.2 Å². The molecule has 0 spiro atoms. The Bertz CT molecular complexity index is 683. The van der Waals surface area contributed by atoms with Crippen LogP contribution < -0.4 is 5.11 Å². The molecule has 2 aromatic rings. The first-order valence-electron chi connectivity index (χ1n) is 5.75. The van der Waals surface area contributed by atoms with Gasteiger partial charge in [0.25, 0.3) is 0 Å². The van der Waals surface area contributed by atoms with Crippen LogP contribution in [0.2, 0.25) is 5.02 Å². The van der Waals surface area contributed by atoms with Crippen molar-refractivity contribution in [1.29, 1.82) is 0 Å². The molecule has 3 rings (SSSR count). The van der Waals surface area contributed by atoms with Crippen LogP contribution in [0.4, 0.5) is 0 Å². The Morgan fingerprint density at radius 3 is 2.85 bits per heavy atom. The molecule has 0 amide bonds. The van der Waals surface area contributed by atoms with Gasteiger partial charge in [-0.3, -0.25) is 0 Å². The molecule has 8 heteroatoms. The number of carbonyl (C=O) groups excluding carboxylic acids is 1. The molecule has 102 valence electrons. The van der Waals surface area contributed by atoms with E-state index in [9.17, 15) is 9.90 Å². The number of thioether (sulfide) groups is 1. The Morgan fingerprint density at radius 1 is 1.40 bits per heavy atom. The highest BCUT2D eigenvalue weighted by atomic mass is 35.5. The van der Waals surface area contributed by atoms with Gasteiger partial charge >= 0.3 is 0 Å². The lowest BCUT2D eigenvalue weighted by Gasteiger charge is -2.22. The summed E-state index contributed by atoms with van der Waals surface area (Å²) in [6, 6.07) is 7.09. The third-order valence-corrected chi connectivity index (χ3v) is 4.17. The molecular formula is C12H8ClN4O2S-. The lowest BCUT2D eigenvalue weighted by atomic mass is 10.1. The van der Waals surface area contributed by atoms with Crippen molar-refractivity contribution >= 4 is 35.0 Å². The van der Waals surface area contributed by atoms with Crippen molar-refractivity contribution < 1.29 is 9.90 Å². The van der Waals surface area contributed by atoms with E-state index in [1.54, 1.807) is 24.3 Å². The topological polar surface area (TPSA) is 83.2 Å². The number of rotatable bonds is 3. The highest BCUT2D eigenvalue weighted by Gasteiger charge is 2.26. The molecule has 0 aliphatic carbocycles. The van der Waals surface area contributed by atoms with Crippen molar-refractivity contribution in [1.82, 2.24) is 14.9 Å². The van der Waals surface area contributed by atoms with Crippen LogP contribution in [-0.4, -0.2) is 31.8 Å². The van der Waals surface area contributed by atoms with E-state index < -0.39 is 5.97 Å². The Labute approximate surface area is 123 Å². The smallest absolute Gasteiger partial charge is 0.212 e. The Hall–Kier alpha value is -1.86. The predicted molar refractivity (Wildman–Crippen MR) is 72.7 cm³/mol. The van der Waals surface area contributed by atoms with E-state index in [4.69, 9.17) is 11.6 Å². The minimum absolute atomic E-state index is 0.140. The molecule has 0 saturated carbocycles. The second-order valence-corrected chi connectivity index (χ2v) is 5.74. The number of fused-ring (bicyclic) bond motifs is 1. The summed E-state index contributed by atoms with van der Waals surface area (Å²) in [4.78, 5) is 10.9. The maximum absolute atomic E-state index is 10.9. The minimum Gasteiger partial charge on any atom is -0.550 e. The molecule has 1 aliphatic heterocycles. The van der Waals surface area contributed by atoms with Crippen LogP contribution in [0.15, 0.2) is 40.9 Å². The molecular weight excluding hydrogens is 300 g/mol. The quantitative estimate of drug-likeness (QED) is 0.837. The maximum Gasteiger partial charge on any atom is 0.212 e. The molecule has 0 N–H and O–H groups in total. The number of halogens is 1. The normalized spacial score (nSPS) is 17.4. The molecule has 0 fully saturated rings. The number of aromatic nitrogens is 3. The van der Waals surface area contributed by atoms with E-state index >= 15 is 0 Å². The van der Waals surface area contributed by atoms with Gasteiger partial charge in [0, 0.05) is 17.4 Å². The van der Waals surface area contributed by atoms with Gasteiger partial charge < -0.3 is 9.90 Å². The van der Waals surface area contributed by atoms with Gasteiger partial charge in [0.2, 0.25) is 5.16 Å². The molecule has 1 aromatic heterocycles. The molecule has 0 saturated heterocycles. The largest absolute Gasteiger partial charge is 0.550 e. The van der Waals surface area contributed by atoms with E-state index in [0.717, 1.165) is 5.56 Å². The number of carboxylic acids is 1. The van der Waals surface area contributed by atoms with E-state index in [1.807, 2.05) is 0 Å². The van der Waals surface area contributed by atoms with E-state index in [-0.39, 0.29) is 11.7 Å². The molecule has 2 heterocycles. The van der Waals surface area contributed by atoms with Gasteiger partial charge in [0.15, 0.2) is 0 Å². The molecule has 1 aliphatic rings. The highest BCUT2D eigenvalue weighted by molar-refractivity contribution is 8.00. The standard InChI is InChI=1S/C12H9ClN4O2S/c13-8-3-1-7(2-4-8)11-9(5-10(18)19)20-12-15-14-6-17(12)16-11/h1-4,6,9H,5H2,(H,18,19)/p-1. The molecule has 1 unspecified atom stereocenters. The van der Waals surface area contributed by atoms with E-state index in [0.29, 0.717) is 15.9 Å². The van der Waals surface area contributed by atoms with Crippen LogP contribution in [-0.2, 0) is 4.79 Å². The van der Waals surface area contributed by atoms with Gasteiger partial charge in [0.1, 0.15) is 6.33 Å². The van der Waals surface area contributed by atoms with Gasteiger partial charge in [-0.25, -0.2) is 0 Å². The van der Waals surface area contributed by atoms with Gasteiger partial charge in [-0.1, -0.05) is 35.5 Å². The van der Waals surface area contributed by atoms with Crippen LogP contribution in [0, 0.1) is 0 Å². The molecule has 1 atom stereocenters. The van der Waals surface area contributed by atoms with Gasteiger partial charge in [-0.05, 0) is 17.7 Å². The van der Waals surface area contributed by atoms with Crippen LogP contribution >= 0.6 is 23.4 Å². The monoisotopic (exact) mass is 307 g/mol. The van der Waals surface area contributed by atoms with Crippen LogP contribution in [0.5, 0.6) is 0 Å². The fourth-order valence-corrected chi connectivity index (χ4v) is 3.07. The first-order valence-corrected chi connectivity index (χ1v) is 7.00. The number of carboxylic acid groups (broad SMARTS) is 1. The van der Waals surface area contributed by atoms with Crippen LogP contribution in [0.1, 0.15) is 12.0 Å². The highest BCUT2D eigenvalue weighted by Crippen LogP contribution is 2.31. The van der Waals surface area contributed by atoms with Gasteiger partial charge in [-0.2, -0.15) is 9.78 Å². The summed E-state index contributed by atoms with van der Waals surface area (Å²) in [5, 5.41) is 23.8. The third kappa shape index (κ3) is 2.54. The third-order valence-electron chi connectivity index (χ3n) is 2.76. The number of hydrogen-bond donors (Lipinski definition) is 0. The fraction of sp³-hybridized carbons (Fsp3) is 0.167. The Balaban J connectivity index is 2.03. The van der Waals surface area contributed by atoms with Gasteiger partial charge in [0.05, 0.1) is 11.0 Å². The summed E-state index contributed by atoms with van der Waals surface area (Å²) in [5.74, 6) is -1.13. The summed E-state index contributed by atoms with van der Waals surface area (Å²) >= 11 is 7.16. The number of aliphatic carboxylic acids is 1. The first-order chi connectivity index (χ1) is 9.63. The average Bonchev–Trinajstić information content (AvgIpc) is 2.85. The number of benzene rings is 1. The zero-order chi connectivity index (χ0) is 14.1. The molecule has 1 aromatic carbocycles. The molecule has 6 nitrogen and oxygen atoms in total. The lowest BCUT2D eigenvalue weighted by Crippen LogP contribution is -2.32. The lowest BCUT2D eigenvalue weighted by molar-refractivity contribution is -0.305. The second-order valence-electron chi connectivity index (χ2n) is 4.13. The SMILES string of the molecule is O=C([O-])CC1Sc2nncn2N=C1c1ccc(Cl)cc1. The Kier molecular flexibility index (Phi) is 3.45. The summed E-state index contributed by atoms with van der Waals surface area (Å²) in [6.45, 7) is 0. The van der Waals surface area contributed by atoms with Crippen molar-refractivity contribution in [3.63, 3.8) is 0 Å². The summed E-state index contributed by atoms with van der Waals surface area (Å²) < 4.78 is 1.53. The van der Waals surface area contributed by atoms with Crippen molar-refractivity contribution in [3.8, 4) is 0 Å². The molecule has 20 heavy (non-hydrogen) atoms. The van der Waals surface area contributed by atoms with Crippen LogP contribution in [0.3, 0.4) is 0 Å². The number of hydrogen-bond acceptors (Lipinski definition) is 6. The van der Waals surface area contributed by atoms with Crippen molar-refractivity contribution in [2.75, 3.05) is 0 Å². The zero-order valence-electron chi connectivity index (χ0n) is 10.1.